The predicted octanol–water partition coefficient (Wildman–Crippen LogP) is 1.19. The first kappa shape index (κ1) is 12.1. The van der Waals surface area contributed by atoms with Gasteiger partial charge in [0.05, 0.1) is 18.5 Å². The molecule has 0 saturated heterocycles. The van der Waals surface area contributed by atoms with Gasteiger partial charge in [0.25, 0.3) is 0 Å². The Morgan fingerprint density at radius 2 is 2.00 bits per heavy atom. The second-order valence-corrected chi connectivity index (χ2v) is 5.01. The summed E-state index contributed by atoms with van der Waals surface area (Å²) in [4.78, 5) is 12.0. The Balaban J connectivity index is 2.13. The lowest BCUT2D eigenvalue weighted by atomic mass is 10.2. The third kappa shape index (κ3) is 1.76. The molecule has 2 heterocycles. The van der Waals surface area contributed by atoms with Gasteiger partial charge in [-0.15, -0.1) is 0 Å². The van der Waals surface area contributed by atoms with Crippen LogP contribution in [0.3, 0.4) is 0 Å². The molecule has 1 aliphatic rings. The van der Waals surface area contributed by atoms with Crippen LogP contribution < -0.4 is 0 Å². The highest BCUT2D eigenvalue weighted by molar-refractivity contribution is 6.35. The zero-order valence-electron chi connectivity index (χ0n) is 9.16. The summed E-state index contributed by atoms with van der Waals surface area (Å²) in [6.45, 7) is 0. The number of aromatic nitrogens is 4. The Hall–Kier alpha value is -0.950. The summed E-state index contributed by atoms with van der Waals surface area (Å²) in [6, 6.07) is -0.271. The van der Waals surface area contributed by atoms with Gasteiger partial charge in [0, 0.05) is 0 Å². The van der Waals surface area contributed by atoms with Crippen LogP contribution in [-0.4, -0.2) is 41.9 Å². The normalized spacial score (nSPS) is 28.1. The molecular formula is C10H10Cl2N4O2. The second kappa shape index (κ2) is 4.31. The van der Waals surface area contributed by atoms with E-state index in [1.54, 1.807) is 4.57 Å². The van der Waals surface area contributed by atoms with Crippen LogP contribution in [0.5, 0.6) is 0 Å². The average Bonchev–Trinajstić information content (AvgIpc) is 2.85. The molecule has 2 N–H and O–H groups in total. The number of imidazole rings is 1. The van der Waals surface area contributed by atoms with Crippen LogP contribution in [-0.2, 0) is 0 Å². The molecule has 1 aliphatic carbocycles. The lowest BCUT2D eigenvalue weighted by Crippen LogP contribution is -2.26. The van der Waals surface area contributed by atoms with Crippen molar-refractivity contribution in [1.29, 1.82) is 0 Å². The summed E-state index contributed by atoms with van der Waals surface area (Å²) in [5, 5.41) is 19.7. The molecule has 0 radical (unpaired) electrons. The lowest BCUT2D eigenvalue weighted by Gasteiger charge is -2.18. The fourth-order valence-electron chi connectivity index (χ4n) is 2.34. The molecule has 8 heteroatoms. The van der Waals surface area contributed by atoms with Gasteiger partial charge in [-0.2, -0.15) is 4.98 Å². The maximum Gasteiger partial charge on any atom is 0.225 e. The van der Waals surface area contributed by atoms with Crippen molar-refractivity contribution in [3.05, 3.63) is 16.8 Å². The zero-order valence-corrected chi connectivity index (χ0v) is 10.7. The van der Waals surface area contributed by atoms with Crippen LogP contribution in [0.15, 0.2) is 6.33 Å². The van der Waals surface area contributed by atoms with Gasteiger partial charge in [-0.1, -0.05) is 11.6 Å². The molecule has 2 aromatic heterocycles. The van der Waals surface area contributed by atoms with Gasteiger partial charge in [0.15, 0.2) is 10.8 Å². The molecule has 3 unspecified atom stereocenters. The van der Waals surface area contributed by atoms with Gasteiger partial charge in [-0.3, -0.25) is 0 Å². The first-order chi connectivity index (χ1) is 8.58. The summed E-state index contributed by atoms with van der Waals surface area (Å²) < 4.78 is 1.69. The quantitative estimate of drug-likeness (QED) is 0.608. The molecule has 6 nitrogen and oxygen atoms in total. The Morgan fingerprint density at radius 3 is 2.67 bits per heavy atom. The van der Waals surface area contributed by atoms with E-state index in [1.165, 1.54) is 6.33 Å². The molecule has 0 spiro atoms. The van der Waals surface area contributed by atoms with Crippen molar-refractivity contribution >= 4 is 34.4 Å². The predicted molar refractivity (Wildman–Crippen MR) is 65.6 cm³/mol. The summed E-state index contributed by atoms with van der Waals surface area (Å²) in [7, 11) is 0. The average molecular weight is 289 g/mol. The molecule has 0 amide bonds. The summed E-state index contributed by atoms with van der Waals surface area (Å²) in [5.74, 6) is 0. The molecule has 1 saturated carbocycles. The van der Waals surface area contributed by atoms with Crippen LogP contribution >= 0.6 is 23.2 Å². The molecule has 18 heavy (non-hydrogen) atoms. The Morgan fingerprint density at radius 1 is 1.22 bits per heavy atom. The van der Waals surface area contributed by atoms with Crippen molar-refractivity contribution in [2.45, 2.75) is 31.1 Å². The maximum atomic E-state index is 9.92. The van der Waals surface area contributed by atoms with Gasteiger partial charge >= 0.3 is 0 Å². The van der Waals surface area contributed by atoms with Crippen LogP contribution in [0.1, 0.15) is 18.9 Å². The third-order valence-corrected chi connectivity index (χ3v) is 3.69. The first-order valence-electron chi connectivity index (χ1n) is 5.49. The fraction of sp³-hybridized carbons (Fsp3) is 0.500. The van der Waals surface area contributed by atoms with E-state index in [1.807, 2.05) is 0 Å². The molecule has 96 valence electrons. The van der Waals surface area contributed by atoms with E-state index in [0.717, 1.165) is 0 Å². The molecule has 0 aromatic carbocycles. The summed E-state index contributed by atoms with van der Waals surface area (Å²) in [5.41, 5.74) is 0.910. The van der Waals surface area contributed by atoms with Crippen LogP contribution in [0.2, 0.25) is 10.4 Å². The van der Waals surface area contributed by atoms with Gasteiger partial charge in [0.1, 0.15) is 11.6 Å². The Labute approximate surface area is 112 Å². The van der Waals surface area contributed by atoms with E-state index in [9.17, 15) is 10.2 Å². The Kier molecular flexibility index (Phi) is 2.90. The topological polar surface area (TPSA) is 84.1 Å². The standard InChI is InChI=1S/C10H10Cl2N4O2/c11-8-6-9(15-10(12)14-8)16(3-13-6)4-1-2-5(17)7(4)18/h3-5,7,17-18H,1-2H2. The van der Waals surface area contributed by atoms with E-state index in [0.29, 0.717) is 24.0 Å². The second-order valence-electron chi connectivity index (χ2n) is 4.31. The van der Waals surface area contributed by atoms with E-state index >= 15 is 0 Å². The number of fused-ring (bicyclic) bond motifs is 1. The van der Waals surface area contributed by atoms with Crippen molar-refractivity contribution < 1.29 is 10.2 Å². The zero-order chi connectivity index (χ0) is 12.9. The number of aliphatic hydroxyl groups excluding tert-OH is 2. The van der Waals surface area contributed by atoms with E-state index in [-0.39, 0.29) is 16.5 Å². The van der Waals surface area contributed by atoms with Gasteiger partial charge < -0.3 is 14.8 Å². The molecule has 3 rings (SSSR count). The van der Waals surface area contributed by atoms with Gasteiger partial charge in [-0.05, 0) is 24.4 Å². The highest BCUT2D eigenvalue weighted by Crippen LogP contribution is 2.33. The van der Waals surface area contributed by atoms with Crippen molar-refractivity contribution in [1.82, 2.24) is 19.5 Å². The van der Waals surface area contributed by atoms with Crippen molar-refractivity contribution in [3.8, 4) is 0 Å². The smallest absolute Gasteiger partial charge is 0.225 e. The monoisotopic (exact) mass is 288 g/mol. The number of halogens is 2. The van der Waals surface area contributed by atoms with Crippen LogP contribution in [0, 0.1) is 0 Å². The molecule has 2 aromatic rings. The molecule has 0 aliphatic heterocycles. The number of rotatable bonds is 1. The van der Waals surface area contributed by atoms with Gasteiger partial charge in [-0.25, -0.2) is 9.97 Å². The largest absolute Gasteiger partial charge is 0.390 e. The fourth-order valence-corrected chi connectivity index (χ4v) is 2.76. The number of hydrogen-bond acceptors (Lipinski definition) is 5. The maximum absolute atomic E-state index is 9.92. The highest BCUT2D eigenvalue weighted by Gasteiger charge is 2.35. The minimum absolute atomic E-state index is 0.0299. The minimum atomic E-state index is -0.838. The van der Waals surface area contributed by atoms with E-state index < -0.39 is 12.2 Å². The summed E-state index contributed by atoms with van der Waals surface area (Å²) >= 11 is 11.7. The number of hydrogen-bond donors (Lipinski definition) is 2. The Bertz CT molecular complexity index is 603. The number of nitrogens with zero attached hydrogens (tertiary/aromatic N) is 4. The van der Waals surface area contributed by atoms with Crippen molar-refractivity contribution in [2.24, 2.45) is 0 Å². The van der Waals surface area contributed by atoms with Crippen LogP contribution in [0.4, 0.5) is 0 Å². The van der Waals surface area contributed by atoms with E-state index in [4.69, 9.17) is 23.2 Å². The van der Waals surface area contributed by atoms with Crippen molar-refractivity contribution in [3.63, 3.8) is 0 Å². The number of aliphatic hydroxyl groups is 2. The SMILES string of the molecule is OC1CCC(n2cnc3c(Cl)nc(Cl)nc32)C1O. The molecule has 1 fully saturated rings. The molecular weight excluding hydrogens is 279 g/mol. The highest BCUT2D eigenvalue weighted by atomic mass is 35.5. The van der Waals surface area contributed by atoms with Gasteiger partial charge in [0.2, 0.25) is 5.28 Å². The third-order valence-electron chi connectivity index (χ3n) is 3.26. The minimum Gasteiger partial charge on any atom is -0.390 e. The van der Waals surface area contributed by atoms with E-state index in [2.05, 4.69) is 15.0 Å². The van der Waals surface area contributed by atoms with Crippen LogP contribution in [0.25, 0.3) is 11.2 Å². The molecule has 0 bridgehead atoms. The van der Waals surface area contributed by atoms with Crippen molar-refractivity contribution in [2.75, 3.05) is 0 Å². The molecule has 3 atom stereocenters. The summed E-state index contributed by atoms with van der Waals surface area (Å²) in [6.07, 6.45) is 1.16. The lowest BCUT2D eigenvalue weighted by molar-refractivity contribution is 0.0241. The first-order valence-corrected chi connectivity index (χ1v) is 6.25.